The van der Waals surface area contributed by atoms with Crippen LogP contribution in [-0.2, 0) is 12.8 Å². The second-order valence-electron chi connectivity index (χ2n) is 5.30. The summed E-state index contributed by atoms with van der Waals surface area (Å²) >= 11 is 3.31. The zero-order chi connectivity index (χ0) is 15.1. The third-order valence-corrected chi connectivity index (χ3v) is 4.07. The van der Waals surface area contributed by atoms with Crippen LogP contribution in [0.15, 0.2) is 53.0 Å². The van der Waals surface area contributed by atoms with Gasteiger partial charge in [0.05, 0.1) is 0 Å². The molecule has 0 aliphatic carbocycles. The fourth-order valence-corrected chi connectivity index (χ4v) is 2.84. The van der Waals surface area contributed by atoms with Gasteiger partial charge >= 0.3 is 0 Å². The van der Waals surface area contributed by atoms with E-state index >= 15 is 0 Å². The zero-order valence-corrected chi connectivity index (χ0v) is 13.9. The summed E-state index contributed by atoms with van der Waals surface area (Å²) in [5, 5.41) is 3.39. The summed E-state index contributed by atoms with van der Waals surface area (Å²) in [5.41, 5.74) is 2.09. The molecule has 2 aromatic carbocycles. The van der Waals surface area contributed by atoms with Gasteiger partial charge in [-0.1, -0.05) is 59.3 Å². The van der Waals surface area contributed by atoms with Crippen LogP contribution in [0.4, 0.5) is 4.39 Å². The van der Waals surface area contributed by atoms with Crippen LogP contribution >= 0.6 is 15.9 Å². The number of nitrogens with one attached hydrogen (secondary N) is 1. The van der Waals surface area contributed by atoms with E-state index in [4.69, 9.17) is 0 Å². The highest BCUT2D eigenvalue weighted by molar-refractivity contribution is 9.10. The summed E-state index contributed by atoms with van der Waals surface area (Å²) in [6.07, 6.45) is 1.71. The largest absolute Gasteiger partial charge is 0.317 e. The predicted molar refractivity (Wildman–Crippen MR) is 90.0 cm³/mol. The van der Waals surface area contributed by atoms with E-state index in [0.717, 1.165) is 36.0 Å². The molecule has 0 aromatic heterocycles. The fraction of sp³-hybridized carbons (Fsp3) is 0.333. The maximum atomic E-state index is 14.0. The van der Waals surface area contributed by atoms with Gasteiger partial charge in [-0.3, -0.25) is 0 Å². The Bertz CT molecular complexity index is 556. The van der Waals surface area contributed by atoms with Gasteiger partial charge in [-0.15, -0.1) is 0 Å². The van der Waals surface area contributed by atoms with E-state index in [1.54, 1.807) is 6.07 Å². The summed E-state index contributed by atoms with van der Waals surface area (Å²) in [6.45, 7) is 3.94. The fourth-order valence-electron chi connectivity index (χ4n) is 2.51. The van der Waals surface area contributed by atoms with E-state index < -0.39 is 0 Å². The van der Waals surface area contributed by atoms with Gasteiger partial charge in [-0.2, -0.15) is 0 Å². The average molecular weight is 350 g/mol. The van der Waals surface area contributed by atoms with E-state index in [2.05, 4.69) is 52.4 Å². The second-order valence-corrected chi connectivity index (χ2v) is 6.22. The molecule has 0 saturated carbocycles. The van der Waals surface area contributed by atoms with Crippen molar-refractivity contribution in [3.8, 4) is 0 Å². The molecule has 1 atom stereocenters. The topological polar surface area (TPSA) is 12.0 Å². The molecule has 21 heavy (non-hydrogen) atoms. The van der Waals surface area contributed by atoms with E-state index in [1.165, 1.54) is 5.56 Å². The number of hydrogen-bond donors (Lipinski definition) is 1. The standard InChI is InChI=1S/C18H21BrFN/c1-2-21-13-15(10-14-6-4-3-5-7-14)11-16-8-9-17(19)12-18(16)20/h3-9,12,15,21H,2,10-11,13H2,1H3. The van der Waals surface area contributed by atoms with Gasteiger partial charge in [0.25, 0.3) is 0 Å². The van der Waals surface area contributed by atoms with Crippen molar-refractivity contribution in [2.75, 3.05) is 13.1 Å². The van der Waals surface area contributed by atoms with Gasteiger partial charge in [0.1, 0.15) is 5.82 Å². The highest BCUT2D eigenvalue weighted by atomic mass is 79.9. The van der Waals surface area contributed by atoms with Crippen molar-refractivity contribution in [3.05, 3.63) is 69.9 Å². The maximum Gasteiger partial charge on any atom is 0.127 e. The van der Waals surface area contributed by atoms with Gasteiger partial charge in [0, 0.05) is 4.47 Å². The lowest BCUT2D eigenvalue weighted by atomic mass is 9.92. The average Bonchev–Trinajstić information content (AvgIpc) is 2.48. The van der Waals surface area contributed by atoms with E-state index in [9.17, 15) is 4.39 Å². The Morgan fingerprint density at radius 3 is 2.52 bits per heavy atom. The second kappa shape index (κ2) is 8.30. The number of halogens is 2. The van der Waals surface area contributed by atoms with Crippen molar-refractivity contribution < 1.29 is 4.39 Å². The molecule has 112 valence electrons. The quantitative estimate of drug-likeness (QED) is 0.770. The van der Waals surface area contributed by atoms with Crippen LogP contribution in [0.2, 0.25) is 0 Å². The third-order valence-electron chi connectivity index (χ3n) is 3.57. The lowest BCUT2D eigenvalue weighted by Crippen LogP contribution is -2.26. The Kier molecular flexibility index (Phi) is 6.40. The monoisotopic (exact) mass is 349 g/mol. The Balaban J connectivity index is 2.08. The Morgan fingerprint density at radius 2 is 1.86 bits per heavy atom. The molecule has 0 aliphatic rings. The summed E-state index contributed by atoms with van der Waals surface area (Å²) in [7, 11) is 0. The van der Waals surface area contributed by atoms with Gasteiger partial charge in [-0.05, 0) is 55.1 Å². The molecule has 2 aromatic rings. The first kappa shape index (κ1) is 16.2. The lowest BCUT2D eigenvalue weighted by Gasteiger charge is -2.18. The lowest BCUT2D eigenvalue weighted by molar-refractivity contribution is 0.467. The Hall–Kier alpha value is -1.19. The molecule has 1 N–H and O–H groups in total. The molecule has 0 saturated heterocycles. The highest BCUT2D eigenvalue weighted by Gasteiger charge is 2.13. The van der Waals surface area contributed by atoms with Crippen molar-refractivity contribution >= 4 is 15.9 Å². The first-order valence-corrected chi connectivity index (χ1v) is 8.17. The first-order valence-electron chi connectivity index (χ1n) is 7.37. The van der Waals surface area contributed by atoms with E-state index in [-0.39, 0.29) is 5.82 Å². The van der Waals surface area contributed by atoms with Crippen molar-refractivity contribution in [2.24, 2.45) is 5.92 Å². The SMILES string of the molecule is CCNCC(Cc1ccccc1)Cc1ccc(Br)cc1F. The molecule has 3 heteroatoms. The molecule has 0 aliphatic heterocycles. The van der Waals surface area contributed by atoms with Crippen LogP contribution in [0.1, 0.15) is 18.1 Å². The molecule has 0 spiro atoms. The summed E-state index contributed by atoms with van der Waals surface area (Å²) < 4.78 is 14.8. The van der Waals surface area contributed by atoms with Crippen LogP contribution in [0.3, 0.4) is 0 Å². The third kappa shape index (κ3) is 5.25. The van der Waals surface area contributed by atoms with Crippen molar-refractivity contribution in [1.29, 1.82) is 0 Å². The minimum atomic E-state index is -0.126. The zero-order valence-electron chi connectivity index (χ0n) is 12.3. The maximum absolute atomic E-state index is 14.0. The minimum Gasteiger partial charge on any atom is -0.317 e. The van der Waals surface area contributed by atoms with Crippen LogP contribution in [0.25, 0.3) is 0 Å². The van der Waals surface area contributed by atoms with Gasteiger partial charge in [-0.25, -0.2) is 4.39 Å². The summed E-state index contributed by atoms with van der Waals surface area (Å²) in [6, 6.07) is 15.7. The van der Waals surface area contributed by atoms with Crippen LogP contribution in [0, 0.1) is 11.7 Å². The van der Waals surface area contributed by atoms with Crippen LogP contribution in [0.5, 0.6) is 0 Å². The van der Waals surface area contributed by atoms with Crippen LogP contribution in [-0.4, -0.2) is 13.1 Å². The molecule has 0 bridgehead atoms. The van der Waals surface area contributed by atoms with Crippen molar-refractivity contribution in [1.82, 2.24) is 5.32 Å². The Labute approximate surface area is 134 Å². The Morgan fingerprint density at radius 1 is 1.10 bits per heavy atom. The smallest absolute Gasteiger partial charge is 0.127 e. The first-order chi connectivity index (χ1) is 10.2. The molecule has 0 heterocycles. The number of benzene rings is 2. The van der Waals surface area contributed by atoms with Crippen molar-refractivity contribution in [3.63, 3.8) is 0 Å². The number of hydrogen-bond acceptors (Lipinski definition) is 1. The van der Waals surface area contributed by atoms with Crippen molar-refractivity contribution in [2.45, 2.75) is 19.8 Å². The van der Waals surface area contributed by atoms with Gasteiger partial charge < -0.3 is 5.32 Å². The summed E-state index contributed by atoms with van der Waals surface area (Å²) in [5.74, 6) is 0.266. The predicted octanol–water partition coefficient (Wildman–Crippen LogP) is 4.60. The van der Waals surface area contributed by atoms with E-state index in [1.807, 2.05) is 18.2 Å². The highest BCUT2D eigenvalue weighted by Crippen LogP contribution is 2.20. The number of rotatable bonds is 7. The normalized spacial score (nSPS) is 12.3. The van der Waals surface area contributed by atoms with Crippen LogP contribution < -0.4 is 5.32 Å². The van der Waals surface area contributed by atoms with Gasteiger partial charge in [0.2, 0.25) is 0 Å². The molecule has 2 rings (SSSR count). The minimum absolute atomic E-state index is 0.126. The molecule has 1 nitrogen and oxygen atoms in total. The molecule has 0 radical (unpaired) electrons. The molecular formula is C18H21BrFN. The molecule has 0 fully saturated rings. The molecule has 0 amide bonds. The molecular weight excluding hydrogens is 329 g/mol. The summed E-state index contributed by atoms with van der Waals surface area (Å²) in [4.78, 5) is 0. The molecule has 1 unspecified atom stereocenters. The van der Waals surface area contributed by atoms with Gasteiger partial charge in [0.15, 0.2) is 0 Å². The van der Waals surface area contributed by atoms with E-state index in [0.29, 0.717) is 5.92 Å².